The Balaban J connectivity index is 2.10. The molecule has 3 atom stereocenters. The number of hydrogen-bond donors (Lipinski definition) is 2. The molecular weight excluding hydrogens is 162 g/mol. The first-order chi connectivity index (χ1) is 6.24. The lowest BCUT2D eigenvalue weighted by Crippen LogP contribution is -2.33. The molecule has 1 aliphatic carbocycles. The van der Waals surface area contributed by atoms with Gasteiger partial charge in [0.2, 0.25) is 0 Å². The average molecular weight is 185 g/mol. The highest BCUT2D eigenvalue weighted by atomic mass is 16.3. The largest absolute Gasteiger partial charge is 0.393 e. The van der Waals surface area contributed by atoms with E-state index in [4.69, 9.17) is 0 Å². The van der Waals surface area contributed by atoms with Gasteiger partial charge in [0.15, 0.2) is 0 Å². The molecule has 0 radical (unpaired) electrons. The maximum atomic E-state index is 9.59. The lowest BCUT2D eigenvalue weighted by Gasteiger charge is -2.18. The second-order valence-corrected chi connectivity index (χ2v) is 4.36. The molecule has 78 valence electrons. The van der Waals surface area contributed by atoms with E-state index in [9.17, 15) is 5.11 Å². The van der Waals surface area contributed by atoms with Crippen LogP contribution in [0.1, 0.15) is 46.0 Å². The van der Waals surface area contributed by atoms with Gasteiger partial charge in [0.05, 0.1) is 6.10 Å². The van der Waals surface area contributed by atoms with Gasteiger partial charge in [-0.05, 0) is 32.1 Å². The molecule has 2 nitrogen and oxygen atoms in total. The Morgan fingerprint density at radius 1 is 1.46 bits per heavy atom. The minimum atomic E-state index is -0.0404. The molecule has 0 saturated heterocycles. The molecule has 0 bridgehead atoms. The van der Waals surface area contributed by atoms with Crippen LogP contribution in [0.4, 0.5) is 0 Å². The van der Waals surface area contributed by atoms with E-state index in [0.29, 0.717) is 12.0 Å². The minimum absolute atomic E-state index is 0.0404. The van der Waals surface area contributed by atoms with Crippen molar-refractivity contribution in [3.63, 3.8) is 0 Å². The van der Waals surface area contributed by atoms with Crippen molar-refractivity contribution in [3.8, 4) is 0 Å². The normalized spacial score (nSPS) is 30.7. The van der Waals surface area contributed by atoms with Gasteiger partial charge in [-0.25, -0.2) is 0 Å². The smallest absolute Gasteiger partial charge is 0.0580 e. The molecule has 0 aromatic rings. The van der Waals surface area contributed by atoms with E-state index in [0.717, 1.165) is 13.0 Å². The van der Waals surface area contributed by atoms with Crippen molar-refractivity contribution >= 4 is 0 Å². The van der Waals surface area contributed by atoms with Crippen LogP contribution in [-0.4, -0.2) is 23.8 Å². The second kappa shape index (κ2) is 5.61. The topological polar surface area (TPSA) is 32.3 Å². The molecule has 0 amide bonds. The van der Waals surface area contributed by atoms with Gasteiger partial charge in [0, 0.05) is 12.6 Å². The summed E-state index contributed by atoms with van der Waals surface area (Å²) in [5, 5.41) is 13.1. The van der Waals surface area contributed by atoms with Crippen molar-refractivity contribution in [1.82, 2.24) is 5.32 Å². The fraction of sp³-hybridized carbons (Fsp3) is 1.00. The molecule has 0 aromatic carbocycles. The predicted octanol–water partition coefficient (Wildman–Crippen LogP) is 1.93. The van der Waals surface area contributed by atoms with E-state index < -0.39 is 0 Å². The van der Waals surface area contributed by atoms with Crippen LogP contribution in [0.15, 0.2) is 0 Å². The fourth-order valence-corrected chi connectivity index (χ4v) is 2.14. The standard InChI is InChI=1S/C11H23NO/c1-3-5-9(2)12-8-10-6-4-7-11(10)13/h9-13H,3-8H2,1-2H3. The fourth-order valence-electron chi connectivity index (χ4n) is 2.14. The quantitative estimate of drug-likeness (QED) is 0.686. The highest BCUT2D eigenvalue weighted by Gasteiger charge is 2.24. The molecule has 2 N–H and O–H groups in total. The Hall–Kier alpha value is -0.0800. The summed E-state index contributed by atoms with van der Waals surface area (Å²) >= 11 is 0. The number of aliphatic hydroxyl groups excluding tert-OH is 1. The number of hydrogen-bond acceptors (Lipinski definition) is 2. The SMILES string of the molecule is CCCC(C)NCC1CCCC1O. The highest BCUT2D eigenvalue weighted by Crippen LogP contribution is 2.24. The summed E-state index contributed by atoms with van der Waals surface area (Å²) in [6.07, 6.45) is 5.85. The Kier molecular flexibility index (Phi) is 4.74. The summed E-state index contributed by atoms with van der Waals surface area (Å²) in [5.41, 5.74) is 0. The lowest BCUT2D eigenvalue weighted by molar-refractivity contribution is 0.130. The molecule has 1 aliphatic rings. The molecule has 2 heteroatoms. The maximum Gasteiger partial charge on any atom is 0.0580 e. The Labute approximate surface area is 81.7 Å². The van der Waals surface area contributed by atoms with Crippen LogP contribution in [0.3, 0.4) is 0 Å². The summed E-state index contributed by atoms with van der Waals surface area (Å²) in [6, 6.07) is 0.609. The summed E-state index contributed by atoms with van der Waals surface area (Å²) in [6.45, 7) is 5.44. The van der Waals surface area contributed by atoms with Crippen LogP contribution in [0.2, 0.25) is 0 Å². The number of rotatable bonds is 5. The average Bonchev–Trinajstić information content (AvgIpc) is 2.48. The van der Waals surface area contributed by atoms with Gasteiger partial charge in [0.1, 0.15) is 0 Å². The monoisotopic (exact) mass is 185 g/mol. The van der Waals surface area contributed by atoms with Crippen molar-refractivity contribution in [1.29, 1.82) is 0 Å². The van der Waals surface area contributed by atoms with Gasteiger partial charge in [-0.15, -0.1) is 0 Å². The summed E-state index contributed by atoms with van der Waals surface area (Å²) in [5.74, 6) is 0.513. The zero-order chi connectivity index (χ0) is 9.68. The van der Waals surface area contributed by atoms with Crippen molar-refractivity contribution in [2.75, 3.05) is 6.54 Å². The molecule has 3 unspecified atom stereocenters. The van der Waals surface area contributed by atoms with Gasteiger partial charge in [-0.1, -0.05) is 19.8 Å². The summed E-state index contributed by atoms with van der Waals surface area (Å²) < 4.78 is 0. The number of nitrogens with one attached hydrogen (secondary N) is 1. The summed E-state index contributed by atoms with van der Waals surface area (Å²) in [7, 11) is 0. The van der Waals surface area contributed by atoms with Crippen LogP contribution >= 0.6 is 0 Å². The van der Waals surface area contributed by atoms with E-state index >= 15 is 0 Å². The first-order valence-electron chi connectivity index (χ1n) is 5.65. The van der Waals surface area contributed by atoms with E-state index in [1.165, 1.54) is 25.7 Å². The van der Waals surface area contributed by atoms with Crippen LogP contribution in [0, 0.1) is 5.92 Å². The minimum Gasteiger partial charge on any atom is -0.393 e. The Morgan fingerprint density at radius 2 is 2.23 bits per heavy atom. The summed E-state index contributed by atoms with van der Waals surface area (Å²) in [4.78, 5) is 0. The van der Waals surface area contributed by atoms with Gasteiger partial charge in [0.25, 0.3) is 0 Å². The van der Waals surface area contributed by atoms with Crippen molar-refractivity contribution in [2.45, 2.75) is 58.1 Å². The number of aliphatic hydroxyl groups is 1. The second-order valence-electron chi connectivity index (χ2n) is 4.36. The molecular formula is C11H23NO. The predicted molar refractivity (Wildman–Crippen MR) is 55.7 cm³/mol. The van der Waals surface area contributed by atoms with E-state index in [2.05, 4.69) is 19.2 Å². The van der Waals surface area contributed by atoms with Gasteiger partial charge in [-0.2, -0.15) is 0 Å². The van der Waals surface area contributed by atoms with Crippen LogP contribution < -0.4 is 5.32 Å². The molecule has 13 heavy (non-hydrogen) atoms. The van der Waals surface area contributed by atoms with E-state index in [-0.39, 0.29) is 6.10 Å². The van der Waals surface area contributed by atoms with Gasteiger partial charge >= 0.3 is 0 Å². The molecule has 1 fully saturated rings. The third-order valence-corrected chi connectivity index (χ3v) is 3.07. The van der Waals surface area contributed by atoms with E-state index in [1.807, 2.05) is 0 Å². The van der Waals surface area contributed by atoms with Gasteiger partial charge < -0.3 is 10.4 Å². The zero-order valence-corrected chi connectivity index (χ0v) is 8.92. The first kappa shape index (κ1) is 11.0. The molecule has 0 aromatic heterocycles. The zero-order valence-electron chi connectivity index (χ0n) is 8.92. The Morgan fingerprint density at radius 3 is 2.77 bits per heavy atom. The van der Waals surface area contributed by atoms with Crippen LogP contribution in [0.5, 0.6) is 0 Å². The molecule has 0 aliphatic heterocycles. The third-order valence-electron chi connectivity index (χ3n) is 3.07. The molecule has 1 saturated carbocycles. The molecule has 0 spiro atoms. The lowest BCUT2D eigenvalue weighted by atomic mass is 10.1. The van der Waals surface area contributed by atoms with Gasteiger partial charge in [-0.3, -0.25) is 0 Å². The van der Waals surface area contributed by atoms with E-state index in [1.54, 1.807) is 0 Å². The van der Waals surface area contributed by atoms with Crippen LogP contribution in [0.25, 0.3) is 0 Å². The maximum absolute atomic E-state index is 9.59. The molecule has 1 rings (SSSR count). The van der Waals surface area contributed by atoms with Crippen molar-refractivity contribution in [3.05, 3.63) is 0 Å². The highest BCUT2D eigenvalue weighted by molar-refractivity contribution is 4.79. The first-order valence-corrected chi connectivity index (χ1v) is 5.65. The van der Waals surface area contributed by atoms with Crippen molar-refractivity contribution in [2.24, 2.45) is 5.92 Å². The van der Waals surface area contributed by atoms with Crippen molar-refractivity contribution < 1.29 is 5.11 Å². The molecule has 0 heterocycles. The van der Waals surface area contributed by atoms with Crippen LogP contribution in [-0.2, 0) is 0 Å². The Bertz CT molecular complexity index is 138. The third kappa shape index (κ3) is 3.65.